The van der Waals surface area contributed by atoms with Gasteiger partial charge in [0, 0.05) is 43.9 Å². The fourth-order valence-corrected chi connectivity index (χ4v) is 5.09. The van der Waals surface area contributed by atoms with E-state index >= 15 is 0 Å². The molecule has 2 aromatic carbocycles. The maximum Gasteiger partial charge on any atom is 0.325 e. The lowest BCUT2D eigenvalue weighted by atomic mass is 9.98. The number of anilines is 1. The number of hydrogen-bond donors (Lipinski definition) is 1. The van der Waals surface area contributed by atoms with Crippen LogP contribution in [-0.2, 0) is 6.42 Å². The molecule has 5 rings (SSSR count). The Labute approximate surface area is 178 Å². The molecule has 30 heavy (non-hydrogen) atoms. The van der Waals surface area contributed by atoms with Crippen molar-refractivity contribution >= 4 is 11.7 Å². The summed E-state index contributed by atoms with van der Waals surface area (Å²) in [6.45, 7) is 7.09. The van der Waals surface area contributed by atoms with Gasteiger partial charge in [-0.1, -0.05) is 43.3 Å². The van der Waals surface area contributed by atoms with Crippen LogP contribution in [0.15, 0.2) is 48.5 Å². The predicted octanol–water partition coefficient (Wildman–Crippen LogP) is 3.25. The summed E-state index contributed by atoms with van der Waals surface area (Å²) >= 11 is 0. The Balaban J connectivity index is 1.52. The van der Waals surface area contributed by atoms with Crippen LogP contribution in [0.3, 0.4) is 0 Å². The molecule has 1 N–H and O–H groups in total. The lowest BCUT2D eigenvalue weighted by molar-refractivity contribution is 0.106. The van der Waals surface area contributed by atoms with E-state index in [4.69, 9.17) is 4.74 Å². The lowest BCUT2D eigenvalue weighted by Crippen LogP contribution is -2.56. The maximum absolute atomic E-state index is 13.4. The number of amides is 2. The fourth-order valence-electron chi connectivity index (χ4n) is 5.09. The number of ether oxygens (including phenoxy) is 1. The zero-order valence-corrected chi connectivity index (χ0v) is 17.6. The third-order valence-electron chi connectivity index (χ3n) is 6.46. The zero-order chi connectivity index (χ0) is 20.5. The first-order valence-electron chi connectivity index (χ1n) is 11.1. The molecule has 6 nitrogen and oxygen atoms in total. The zero-order valence-electron chi connectivity index (χ0n) is 17.6. The second kappa shape index (κ2) is 8.28. The van der Waals surface area contributed by atoms with Gasteiger partial charge in [0.15, 0.2) is 0 Å². The molecule has 0 saturated carbocycles. The highest BCUT2D eigenvalue weighted by atomic mass is 16.5. The lowest BCUT2D eigenvalue weighted by Gasteiger charge is -2.43. The van der Waals surface area contributed by atoms with Crippen molar-refractivity contribution in [2.75, 3.05) is 44.2 Å². The van der Waals surface area contributed by atoms with Crippen LogP contribution >= 0.6 is 0 Å². The SMILES string of the molecule is CCCN1CC(N2CCNCC2c2cccc3c2OCC3)N(c2ccccc2)C1=O. The molecule has 6 heteroatoms. The molecule has 3 aliphatic heterocycles. The van der Waals surface area contributed by atoms with E-state index in [1.807, 2.05) is 40.1 Å². The van der Waals surface area contributed by atoms with Crippen molar-refractivity contribution < 1.29 is 9.53 Å². The molecule has 2 aromatic rings. The van der Waals surface area contributed by atoms with Crippen molar-refractivity contribution in [2.45, 2.75) is 32.0 Å². The number of rotatable bonds is 5. The van der Waals surface area contributed by atoms with E-state index < -0.39 is 0 Å². The Bertz CT molecular complexity index is 903. The molecule has 2 amide bonds. The van der Waals surface area contributed by atoms with Crippen molar-refractivity contribution in [1.82, 2.24) is 15.1 Å². The van der Waals surface area contributed by atoms with E-state index in [9.17, 15) is 4.79 Å². The fraction of sp³-hybridized carbons (Fsp3) is 0.458. The Hall–Kier alpha value is -2.57. The van der Waals surface area contributed by atoms with Gasteiger partial charge in [0.05, 0.1) is 19.2 Å². The Morgan fingerprint density at radius 2 is 2.00 bits per heavy atom. The third-order valence-corrected chi connectivity index (χ3v) is 6.46. The molecule has 2 fully saturated rings. The quantitative estimate of drug-likeness (QED) is 0.828. The van der Waals surface area contributed by atoms with Crippen molar-refractivity contribution in [1.29, 1.82) is 0 Å². The third kappa shape index (κ3) is 3.34. The number of carbonyl (C=O) groups is 1. The molecule has 0 radical (unpaired) electrons. The minimum absolute atomic E-state index is 0.0100. The highest BCUT2D eigenvalue weighted by Crippen LogP contribution is 2.39. The summed E-state index contributed by atoms with van der Waals surface area (Å²) < 4.78 is 6.04. The van der Waals surface area contributed by atoms with Crippen LogP contribution < -0.4 is 15.0 Å². The van der Waals surface area contributed by atoms with E-state index in [1.165, 1.54) is 11.1 Å². The van der Waals surface area contributed by atoms with Gasteiger partial charge in [-0.2, -0.15) is 0 Å². The first-order valence-corrected chi connectivity index (χ1v) is 11.1. The molecular formula is C24H30N4O2. The van der Waals surface area contributed by atoms with Crippen LogP contribution in [0.5, 0.6) is 5.75 Å². The molecule has 2 saturated heterocycles. The van der Waals surface area contributed by atoms with Gasteiger partial charge in [-0.25, -0.2) is 4.79 Å². The molecule has 0 aliphatic carbocycles. The van der Waals surface area contributed by atoms with Crippen molar-refractivity contribution in [2.24, 2.45) is 0 Å². The average Bonchev–Trinajstić information content (AvgIpc) is 3.39. The number of carbonyl (C=O) groups excluding carboxylic acids is 1. The van der Waals surface area contributed by atoms with E-state index in [-0.39, 0.29) is 18.2 Å². The summed E-state index contributed by atoms with van der Waals surface area (Å²) in [6, 6.07) is 16.9. The van der Waals surface area contributed by atoms with E-state index in [0.29, 0.717) is 0 Å². The van der Waals surface area contributed by atoms with Crippen LogP contribution in [-0.4, -0.2) is 61.3 Å². The van der Waals surface area contributed by atoms with Gasteiger partial charge in [-0.05, 0) is 24.1 Å². The molecule has 2 unspecified atom stereocenters. The van der Waals surface area contributed by atoms with Crippen LogP contribution in [0.2, 0.25) is 0 Å². The van der Waals surface area contributed by atoms with E-state index in [2.05, 4.69) is 35.3 Å². The molecule has 3 aliphatic rings. The molecule has 3 heterocycles. The summed E-state index contributed by atoms with van der Waals surface area (Å²) in [5, 5.41) is 3.57. The van der Waals surface area contributed by atoms with Gasteiger partial charge in [0.25, 0.3) is 0 Å². The Kier molecular flexibility index (Phi) is 5.35. The molecular weight excluding hydrogens is 376 g/mol. The topological polar surface area (TPSA) is 48.0 Å². The molecule has 158 valence electrons. The molecule has 0 spiro atoms. The van der Waals surface area contributed by atoms with Gasteiger partial charge in [0.1, 0.15) is 11.9 Å². The second-order valence-corrected chi connectivity index (χ2v) is 8.31. The average molecular weight is 407 g/mol. The normalized spacial score (nSPS) is 24.2. The van der Waals surface area contributed by atoms with Crippen LogP contribution in [0.25, 0.3) is 0 Å². The minimum atomic E-state index is 0.0100. The number of nitrogens with one attached hydrogen (secondary N) is 1. The van der Waals surface area contributed by atoms with Crippen molar-refractivity contribution in [3.8, 4) is 5.75 Å². The van der Waals surface area contributed by atoms with Gasteiger partial charge in [-0.3, -0.25) is 9.80 Å². The molecule has 2 atom stereocenters. The van der Waals surface area contributed by atoms with Crippen molar-refractivity contribution in [3.05, 3.63) is 59.7 Å². The summed E-state index contributed by atoms with van der Waals surface area (Å²) in [5.74, 6) is 1.05. The summed E-state index contributed by atoms with van der Waals surface area (Å²) in [7, 11) is 0. The summed E-state index contributed by atoms with van der Waals surface area (Å²) in [6.07, 6.45) is 1.95. The second-order valence-electron chi connectivity index (χ2n) is 8.31. The van der Waals surface area contributed by atoms with Gasteiger partial charge in [0.2, 0.25) is 0 Å². The number of nitrogens with zero attached hydrogens (tertiary/aromatic N) is 3. The smallest absolute Gasteiger partial charge is 0.325 e. The number of benzene rings is 2. The summed E-state index contributed by atoms with van der Waals surface area (Å²) in [5.41, 5.74) is 3.51. The molecule has 0 aromatic heterocycles. The van der Waals surface area contributed by atoms with E-state index in [0.717, 1.165) is 63.6 Å². The van der Waals surface area contributed by atoms with Crippen molar-refractivity contribution in [3.63, 3.8) is 0 Å². The number of fused-ring (bicyclic) bond motifs is 1. The van der Waals surface area contributed by atoms with Gasteiger partial charge >= 0.3 is 6.03 Å². The standard InChI is InChI=1S/C24H30N4O2/c1-2-13-26-17-22(28(24(26)29)19-8-4-3-5-9-19)27-14-12-25-16-21(27)20-10-6-7-18-11-15-30-23(18)20/h3-10,21-22,25H,2,11-17H2,1H3. The van der Waals surface area contributed by atoms with Crippen LogP contribution in [0.1, 0.15) is 30.5 Å². The van der Waals surface area contributed by atoms with E-state index in [1.54, 1.807) is 0 Å². The Morgan fingerprint density at radius 3 is 2.83 bits per heavy atom. The van der Waals surface area contributed by atoms with Gasteiger partial charge in [-0.15, -0.1) is 0 Å². The first-order chi connectivity index (χ1) is 14.8. The monoisotopic (exact) mass is 406 g/mol. The number of piperazine rings is 1. The number of urea groups is 1. The largest absolute Gasteiger partial charge is 0.493 e. The Morgan fingerprint density at radius 1 is 1.13 bits per heavy atom. The predicted molar refractivity (Wildman–Crippen MR) is 118 cm³/mol. The number of hydrogen-bond acceptors (Lipinski definition) is 4. The minimum Gasteiger partial charge on any atom is -0.493 e. The highest BCUT2D eigenvalue weighted by Gasteiger charge is 2.44. The number of para-hydroxylation sites is 2. The van der Waals surface area contributed by atoms with Gasteiger partial charge < -0.3 is 15.0 Å². The maximum atomic E-state index is 13.4. The highest BCUT2D eigenvalue weighted by molar-refractivity contribution is 5.94. The van der Waals surface area contributed by atoms with Crippen LogP contribution in [0, 0.1) is 0 Å². The van der Waals surface area contributed by atoms with Crippen LogP contribution in [0.4, 0.5) is 10.5 Å². The first kappa shape index (κ1) is 19.4. The summed E-state index contributed by atoms with van der Waals surface area (Å²) in [4.78, 5) is 19.9. The molecule has 0 bridgehead atoms.